The second-order valence-electron chi connectivity index (χ2n) is 6.59. The molecule has 0 saturated heterocycles. The number of benzene rings is 1. The summed E-state index contributed by atoms with van der Waals surface area (Å²) < 4.78 is 5.09. The Kier molecular flexibility index (Phi) is 7.35. The van der Waals surface area contributed by atoms with E-state index in [-0.39, 0.29) is 29.0 Å². The lowest BCUT2D eigenvalue weighted by Crippen LogP contribution is -2.43. The van der Waals surface area contributed by atoms with Crippen LogP contribution in [-0.2, 0) is 9.59 Å². The predicted octanol–water partition coefficient (Wildman–Crippen LogP) is 2.68. The van der Waals surface area contributed by atoms with Gasteiger partial charge in [-0.15, -0.1) is 0 Å². The number of carbonyl (C=O) groups excluding carboxylic acids is 2. The van der Waals surface area contributed by atoms with Crippen LogP contribution in [-0.4, -0.2) is 41.8 Å². The van der Waals surface area contributed by atoms with Gasteiger partial charge in [-0.2, -0.15) is 0 Å². The van der Waals surface area contributed by atoms with Crippen molar-refractivity contribution in [3.8, 4) is 5.75 Å². The Hall–Kier alpha value is -2.64. The molecule has 0 bridgehead atoms. The third-order valence-corrected chi connectivity index (χ3v) is 3.29. The molecule has 1 N–H and O–H groups in total. The van der Waals surface area contributed by atoms with Crippen LogP contribution in [0.4, 0.5) is 11.4 Å². The maximum Gasteiger partial charge on any atom is 0.314 e. The zero-order valence-corrected chi connectivity index (χ0v) is 15.2. The molecule has 0 aliphatic carbocycles. The van der Waals surface area contributed by atoms with Crippen LogP contribution in [0.3, 0.4) is 0 Å². The van der Waals surface area contributed by atoms with Crippen molar-refractivity contribution in [2.75, 3.05) is 25.5 Å². The smallest absolute Gasteiger partial charge is 0.314 e. The van der Waals surface area contributed by atoms with E-state index in [0.717, 1.165) is 0 Å². The van der Waals surface area contributed by atoms with Gasteiger partial charge in [0, 0.05) is 25.2 Å². The second-order valence-corrected chi connectivity index (χ2v) is 6.59. The fourth-order valence-electron chi connectivity index (χ4n) is 2.35. The number of carbonyl (C=O) groups is 2. The van der Waals surface area contributed by atoms with Crippen molar-refractivity contribution in [3.05, 3.63) is 28.3 Å². The first-order chi connectivity index (χ1) is 11.6. The molecular weight excluding hydrogens is 326 g/mol. The fraction of sp³-hybridized carbons (Fsp3) is 0.529. The second kappa shape index (κ2) is 9.00. The molecule has 1 aromatic rings. The van der Waals surface area contributed by atoms with Crippen LogP contribution in [0.15, 0.2) is 18.2 Å². The molecular formula is C17H25N3O5. The third-order valence-electron chi connectivity index (χ3n) is 3.29. The van der Waals surface area contributed by atoms with Crippen LogP contribution in [0.2, 0.25) is 0 Å². The van der Waals surface area contributed by atoms with E-state index in [0.29, 0.717) is 13.1 Å². The molecule has 0 aromatic heterocycles. The first-order valence-corrected chi connectivity index (χ1v) is 8.08. The van der Waals surface area contributed by atoms with Crippen molar-refractivity contribution >= 4 is 23.2 Å². The van der Waals surface area contributed by atoms with Crippen molar-refractivity contribution < 1.29 is 19.2 Å². The third kappa shape index (κ3) is 6.06. The average molecular weight is 351 g/mol. The Balaban J connectivity index is 3.00. The number of hydrogen-bond donors (Lipinski definition) is 1. The van der Waals surface area contributed by atoms with Gasteiger partial charge in [-0.3, -0.25) is 19.7 Å². The van der Waals surface area contributed by atoms with E-state index in [1.165, 1.54) is 30.2 Å². The largest absolute Gasteiger partial charge is 0.495 e. The highest BCUT2D eigenvalue weighted by atomic mass is 16.6. The van der Waals surface area contributed by atoms with Crippen molar-refractivity contribution in [3.63, 3.8) is 0 Å². The number of hydrogen-bond acceptors (Lipinski definition) is 5. The molecule has 8 nitrogen and oxygen atoms in total. The van der Waals surface area contributed by atoms with E-state index in [1.807, 2.05) is 27.7 Å². The van der Waals surface area contributed by atoms with E-state index in [1.54, 1.807) is 0 Å². The lowest BCUT2D eigenvalue weighted by molar-refractivity contribution is -0.384. The summed E-state index contributed by atoms with van der Waals surface area (Å²) in [5.41, 5.74) is -0.117. The molecule has 0 aliphatic heterocycles. The number of non-ortho nitro benzene ring substituents is 1. The van der Waals surface area contributed by atoms with E-state index >= 15 is 0 Å². The Labute approximate surface area is 147 Å². The van der Waals surface area contributed by atoms with Gasteiger partial charge in [0.1, 0.15) is 5.75 Å². The van der Waals surface area contributed by atoms with Gasteiger partial charge in [-0.05, 0) is 17.9 Å². The first kappa shape index (κ1) is 20.4. The molecule has 1 aromatic carbocycles. The van der Waals surface area contributed by atoms with Gasteiger partial charge in [-0.1, -0.05) is 27.7 Å². The van der Waals surface area contributed by atoms with Crippen LogP contribution in [0.25, 0.3) is 0 Å². The lowest BCUT2D eigenvalue weighted by atomic mass is 10.1. The first-order valence-electron chi connectivity index (χ1n) is 8.08. The van der Waals surface area contributed by atoms with Gasteiger partial charge in [0.05, 0.1) is 17.7 Å². The average Bonchev–Trinajstić information content (AvgIpc) is 2.52. The number of methoxy groups -OCH3 is 1. The Morgan fingerprint density at radius 2 is 1.76 bits per heavy atom. The topological polar surface area (TPSA) is 102 Å². The van der Waals surface area contributed by atoms with Crippen molar-refractivity contribution in [2.45, 2.75) is 27.7 Å². The van der Waals surface area contributed by atoms with Gasteiger partial charge in [0.25, 0.3) is 5.69 Å². The Morgan fingerprint density at radius 1 is 1.20 bits per heavy atom. The summed E-state index contributed by atoms with van der Waals surface area (Å²) in [5.74, 6) is -0.854. The Bertz CT molecular complexity index is 633. The SMILES string of the molecule is COc1ccc([N+](=O)[O-])cc1NC(=O)C(=O)N(CC(C)C)CC(C)C. The van der Waals surface area contributed by atoms with Gasteiger partial charge >= 0.3 is 11.8 Å². The number of amides is 2. The maximum atomic E-state index is 12.5. The molecule has 0 aliphatic rings. The minimum absolute atomic E-state index is 0.0871. The number of nitrogens with one attached hydrogen (secondary N) is 1. The molecule has 0 unspecified atom stereocenters. The molecule has 0 fully saturated rings. The molecule has 0 heterocycles. The molecule has 0 atom stereocenters. The highest BCUT2D eigenvalue weighted by Crippen LogP contribution is 2.28. The highest BCUT2D eigenvalue weighted by Gasteiger charge is 2.25. The van der Waals surface area contributed by atoms with Crippen LogP contribution in [0.5, 0.6) is 5.75 Å². The van der Waals surface area contributed by atoms with Gasteiger partial charge in [0.15, 0.2) is 0 Å². The summed E-state index contributed by atoms with van der Waals surface area (Å²) in [4.78, 5) is 36.6. The van der Waals surface area contributed by atoms with Crippen LogP contribution in [0, 0.1) is 22.0 Å². The summed E-state index contributed by atoms with van der Waals surface area (Å²) in [7, 11) is 1.38. The van der Waals surface area contributed by atoms with Crippen LogP contribution < -0.4 is 10.1 Å². The Morgan fingerprint density at radius 3 is 2.20 bits per heavy atom. The van der Waals surface area contributed by atoms with E-state index in [2.05, 4.69) is 5.32 Å². The summed E-state index contributed by atoms with van der Waals surface area (Å²) in [6.07, 6.45) is 0. The predicted molar refractivity (Wildman–Crippen MR) is 94.5 cm³/mol. The zero-order chi connectivity index (χ0) is 19.1. The molecule has 1 rings (SSSR count). The van der Waals surface area contributed by atoms with E-state index in [4.69, 9.17) is 4.74 Å². The molecule has 0 radical (unpaired) electrons. The van der Waals surface area contributed by atoms with Crippen LogP contribution in [0.1, 0.15) is 27.7 Å². The summed E-state index contributed by atoms with van der Waals surface area (Å²) in [6, 6.07) is 3.80. The number of nitro groups is 1. The zero-order valence-electron chi connectivity index (χ0n) is 15.2. The van der Waals surface area contributed by atoms with Crippen LogP contribution >= 0.6 is 0 Å². The number of nitro benzene ring substituents is 1. The van der Waals surface area contributed by atoms with Crippen molar-refractivity contribution in [1.82, 2.24) is 4.90 Å². The quantitative estimate of drug-likeness (QED) is 0.462. The lowest BCUT2D eigenvalue weighted by Gasteiger charge is -2.25. The fourth-order valence-corrected chi connectivity index (χ4v) is 2.35. The molecule has 25 heavy (non-hydrogen) atoms. The number of nitrogens with zero attached hydrogens (tertiary/aromatic N) is 2. The molecule has 138 valence electrons. The molecule has 0 saturated carbocycles. The van der Waals surface area contributed by atoms with Crippen molar-refractivity contribution in [1.29, 1.82) is 0 Å². The minimum Gasteiger partial charge on any atom is -0.495 e. The van der Waals surface area contributed by atoms with Gasteiger partial charge in [-0.25, -0.2) is 0 Å². The summed E-state index contributed by atoms with van der Waals surface area (Å²) in [5, 5.41) is 13.3. The summed E-state index contributed by atoms with van der Waals surface area (Å²) >= 11 is 0. The van der Waals surface area contributed by atoms with Crippen molar-refractivity contribution in [2.24, 2.45) is 11.8 Å². The van der Waals surface area contributed by atoms with Gasteiger partial charge in [0.2, 0.25) is 0 Å². The highest BCUT2D eigenvalue weighted by molar-refractivity contribution is 6.39. The number of rotatable bonds is 7. The van der Waals surface area contributed by atoms with Gasteiger partial charge < -0.3 is 15.0 Å². The van der Waals surface area contributed by atoms with E-state index < -0.39 is 16.7 Å². The number of anilines is 1. The monoisotopic (exact) mass is 351 g/mol. The van der Waals surface area contributed by atoms with E-state index in [9.17, 15) is 19.7 Å². The minimum atomic E-state index is -0.847. The number of ether oxygens (including phenoxy) is 1. The normalized spacial score (nSPS) is 10.7. The maximum absolute atomic E-state index is 12.5. The molecule has 8 heteroatoms. The molecule has 0 spiro atoms. The molecule has 2 amide bonds. The summed E-state index contributed by atoms with van der Waals surface area (Å²) in [6.45, 7) is 8.75. The standard InChI is InChI=1S/C17H25N3O5/c1-11(2)9-19(10-12(3)4)17(22)16(21)18-14-8-13(20(23)24)6-7-15(14)25-5/h6-8,11-12H,9-10H2,1-5H3,(H,18,21).